The van der Waals surface area contributed by atoms with E-state index in [2.05, 4.69) is 10.2 Å². The number of carbonyl (C=O) groups excluding carboxylic acids is 3. The second-order valence-corrected chi connectivity index (χ2v) is 10.2. The fourth-order valence-electron chi connectivity index (χ4n) is 4.44. The molecule has 0 bridgehead atoms. The van der Waals surface area contributed by atoms with Crippen LogP contribution in [0, 0.1) is 5.82 Å². The van der Waals surface area contributed by atoms with Crippen LogP contribution in [0.25, 0.3) is 6.08 Å². The summed E-state index contributed by atoms with van der Waals surface area (Å²) in [4.78, 5) is 41.8. The van der Waals surface area contributed by atoms with Crippen molar-refractivity contribution in [1.82, 2.24) is 4.90 Å². The molecule has 1 N–H and O–H groups in total. The second-order valence-electron chi connectivity index (χ2n) is 9.22. The molecule has 0 spiro atoms. The zero-order valence-electron chi connectivity index (χ0n) is 22.3. The summed E-state index contributed by atoms with van der Waals surface area (Å²) in [6, 6.07) is 18.7. The van der Waals surface area contributed by atoms with Crippen molar-refractivity contribution in [2.75, 3.05) is 50.2 Å². The first-order valence-electron chi connectivity index (χ1n) is 12.9. The van der Waals surface area contributed by atoms with Crippen LogP contribution in [0.1, 0.15) is 11.1 Å². The van der Waals surface area contributed by atoms with E-state index in [1.54, 1.807) is 48.5 Å². The third-order valence-electron chi connectivity index (χ3n) is 6.53. The van der Waals surface area contributed by atoms with Crippen molar-refractivity contribution in [1.29, 1.82) is 0 Å². The molecule has 41 heavy (non-hydrogen) atoms. The fourth-order valence-corrected chi connectivity index (χ4v) is 5.28. The van der Waals surface area contributed by atoms with Crippen LogP contribution in [0.5, 0.6) is 11.5 Å². The number of amides is 3. The van der Waals surface area contributed by atoms with E-state index in [-0.39, 0.29) is 17.3 Å². The zero-order valence-corrected chi connectivity index (χ0v) is 23.1. The molecular formula is C30H28FN3O6S. The predicted octanol–water partition coefficient (Wildman–Crippen LogP) is 4.92. The Balaban J connectivity index is 1.24. The van der Waals surface area contributed by atoms with E-state index < -0.39 is 23.6 Å². The van der Waals surface area contributed by atoms with Gasteiger partial charge in [-0.05, 0) is 53.7 Å². The number of halogens is 1. The molecule has 0 aromatic heterocycles. The average Bonchev–Trinajstić information content (AvgIpc) is 3.25. The largest absolute Gasteiger partial charge is 0.493 e. The highest BCUT2D eigenvalue weighted by molar-refractivity contribution is 8.18. The van der Waals surface area contributed by atoms with Gasteiger partial charge in [-0.25, -0.2) is 4.39 Å². The van der Waals surface area contributed by atoms with Gasteiger partial charge in [0.2, 0.25) is 5.91 Å². The standard InChI is InChI=1S/C30H28FN3O6S/c1-38-26-16-20(10-11-25(26)40-19-21-6-2-3-7-22(21)31)17-27-29(36)34(30(37)41-27)18-28(35)32-23-8-4-5-9-24(23)33-12-14-39-15-13-33/h2-11,16-17H,12-15,18-19H2,1H3,(H,32,35)/b27-17+. The van der Waals surface area contributed by atoms with Gasteiger partial charge in [0.15, 0.2) is 11.5 Å². The number of ether oxygens (including phenoxy) is 3. The number of nitrogens with one attached hydrogen (secondary N) is 1. The van der Waals surface area contributed by atoms with Crippen LogP contribution >= 0.6 is 11.8 Å². The van der Waals surface area contributed by atoms with Gasteiger partial charge in [-0.2, -0.15) is 0 Å². The molecule has 11 heteroatoms. The van der Waals surface area contributed by atoms with Gasteiger partial charge >= 0.3 is 0 Å². The van der Waals surface area contributed by atoms with Crippen molar-refractivity contribution in [3.63, 3.8) is 0 Å². The van der Waals surface area contributed by atoms with Crippen LogP contribution in [0.15, 0.2) is 71.6 Å². The maximum atomic E-state index is 13.9. The van der Waals surface area contributed by atoms with Crippen molar-refractivity contribution >= 4 is 46.3 Å². The van der Waals surface area contributed by atoms with Gasteiger partial charge in [-0.3, -0.25) is 19.3 Å². The number of imide groups is 1. The van der Waals surface area contributed by atoms with Gasteiger partial charge in [-0.15, -0.1) is 0 Å². The van der Waals surface area contributed by atoms with Crippen molar-refractivity contribution in [3.8, 4) is 11.5 Å². The molecule has 2 aliphatic heterocycles. The molecule has 0 saturated carbocycles. The number of thioether (sulfide) groups is 1. The van der Waals surface area contributed by atoms with Crippen LogP contribution < -0.4 is 19.7 Å². The van der Waals surface area contributed by atoms with E-state index in [9.17, 15) is 18.8 Å². The Morgan fingerprint density at radius 2 is 1.80 bits per heavy atom. The van der Waals surface area contributed by atoms with Crippen LogP contribution in [0.4, 0.5) is 20.6 Å². The Labute approximate surface area is 240 Å². The molecule has 2 aliphatic rings. The molecule has 3 amide bonds. The first kappa shape index (κ1) is 28.2. The Hall–Kier alpha value is -4.35. The van der Waals surface area contributed by atoms with E-state index >= 15 is 0 Å². The predicted molar refractivity (Wildman–Crippen MR) is 155 cm³/mol. The summed E-state index contributed by atoms with van der Waals surface area (Å²) < 4.78 is 30.5. The van der Waals surface area contributed by atoms with Gasteiger partial charge in [0.1, 0.15) is 19.0 Å². The first-order valence-corrected chi connectivity index (χ1v) is 13.8. The molecule has 0 aliphatic carbocycles. The van der Waals surface area contributed by atoms with E-state index in [1.807, 2.05) is 18.2 Å². The number of rotatable bonds is 9. The second kappa shape index (κ2) is 12.9. The topological polar surface area (TPSA) is 97.4 Å². The van der Waals surface area contributed by atoms with Gasteiger partial charge in [0.25, 0.3) is 11.1 Å². The van der Waals surface area contributed by atoms with E-state index in [0.717, 1.165) is 22.3 Å². The van der Waals surface area contributed by atoms with Gasteiger partial charge in [0, 0.05) is 18.7 Å². The van der Waals surface area contributed by atoms with Gasteiger partial charge < -0.3 is 24.4 Å². The molecule has 3 aromatic rings. The number of morpholine rings is 1. The normalized spacial score (nSPS) is 16.3. The quantitative estimate of drug-likeness (QED) is 0.358. The highest BCUT2D eigenvalue weighted by atomic mass is 32.2. The Morgan fingerprint density at radius 1 is 1.05 bits per heavy atom. The third kappa shape index (κ3) is 6.69. The van der Waals surface area contributed by atoms with Crippen molar-refractivity contribution in [2.45, 2.75) is 6.61 Å². The van der Waals surface area contributed by atoms with Gasteiger partial charge in [0.05, 0.1) is 36.6 Å². The minimum absolute atomic E-state index is 0.0141. The van der Waals surface area contributed by atoms with E-state index in [4.69, 9.17) is 14.2 Å². The van der Waals surface area contributed by atoms with Crippen molar-refractivity contribution in [2.24, 2.45) is 0 Å². The molecule has 0 unspecified atom stereocenters. The summed E-state index contributed by atoms with van der Waals surface area (Å²) in [5.74, 6) is -0.626. The summed E-state index contributed by atoms with van der Waals surface area (Å²) in [6.45, 7) is 2.20. The lowest BCUT2D eigenvalue weighted by Gasteiger charge is -2.30. The lowest BCUT2D eigenvalue weighted by Crippen LogP contribution is -2.38. The molecule has 0 radical (unpaired) electrons. The van der Waals surface area contributed by atoms with Crippen LogP contribution in [-0.2, 0) is 20.9 Å². The summed E-state index contributed by atoms with van der Waals surface area (Å²) >= 11 is 0.760. The molecule has 212 valence electrons. The number of nitrogens with zero attached hydrogens (tertiary/aromatic N) is 2. The molecule has 3 aromatic carbocycles. The molecule has 2 heterocycles. The lowest BCUT2D eigenvalue weighted by molar-refractivity contribution is -0.127. The number of benzene rings is 3. The first-order chi connectivity index (χ1) is 19.9. The van der Waals surface area contributed by atoms with Crippen LogP contribution in [0.2, 0.25) is 0 Å². The highest BCUT2D eigenvalue weighted by Crippen LogP contribution is 2.35. The summed E-state index contributed by atoms with van der Waals surface area (Å²) in [5, 5.41) is 2.31. The smallest absolute Gasteiger partial charge is 0.294 e. The van der Waals surface area contributed by atoms with Crippen molar-refractivity contribution < 1.29 is 33.0 Å². The number of methoxy groups -OCH3 is 1. The Morgan fingerprint density at radius 3 is 2.59 bits per heavy atom. The highest BCUT2D eigenvalue weighted by Gasteiger charge is 2.36. The molecule has 9 nitrogen and oxygen atoms in total. The summed E-state index contributed by atoms with van der Waals surface area (Å²) in [6.07, 6.45) is 1.56. The van der Waals surface area contributed by atoms with E-state index in [0.29, 0.717) is 54.6 Å². The SMILES string of the molecule is COc1cc(/C=C2/SC(=O)N(CC(=O)Nc3ccccc3N3CCOCC3)C2=O)ccc1OCc1ccccc1F. The Bertz CT molecular complexity index is 1490. The average molecular weight is 578 g/mol. The maximum Gasteiger partial charge on any atom is 0.294 e. The monoisotopic (exact) mass is 577 g/mol. The number of para-hydroxylation sites is 2. The van der Waals surface area contributed by atoms with Gasteiger partial charge in [-0.1, -0.05) is 36.4 Å². The molecular weight excluding hydrogens is 549 g/mol. The van der Waals surface area contributed by atoms with E-state index in [1.165, 1.54) is 13.2 Å². The third-order valence-corrected chi connectivity index (χ3v) is 7.44. The van der Waals surface area contributed by atoms with Crippen LogP contribution in [-0.4, -0.2) is 61.9 Å². The number of hydrogen-bond donors (Lipinski definition) is 1. The van der Waals surface area contributed by atoms with Crippen molar-refractivity contribution in [3.05, 3.63) is 88.6 Å². The molecule has 2 fully saturated rings. The lowest BCUT2D eigenvalue weighted by atomic mass is 10.1. The van der Waals surface area contributed by atoms with Crippen LogP contribution in [0.3, 0.4) is 0 Å². The number of anilines is 2. The summed E-state index contributed by atoms with van der Waals surface area (Å²) in [5.41, 5.74) is 2.45. The molecule has 5 rings (SSSR count). The zero-order chi connectivity index (χ0) is 28.8. The Kier molecular flexibility index (Phi) is 8.85. The molecule has 2 saturated heterocycles. The summed E-state index contributed by atoms with van der Waals surface area (Å²) in [7, 11) is 1.47. The minimum Gasteiger partial charge on any atom is -0.493 e. The number of hydrogen-bond acceptors (Lipinski definition) is 8. The minimum atomic E-state index is -0.560. The number of carbonyl (C=O) groups is 3. The molecule has 0 atom stereocenters. The maximum absolute atomic E-state index is 13.9. The fraction of sp³-hybridized carbons (Fsp3) is 0.233.